The molecule has 0 saturated carbocycles. The largest absolute Gasteiger partial charge is 0.503 e. The molecule has 4 heterocycles. The molecule has 0 radical (unpaired) electrons. The number of pyridine rings is 1. The van der Waals surface area contributed by atoms with Gasteiger partial charge in [0.05, 0.1) is 40.4 Å². The average Bonchev–Trinajstić information content (AvgIpc) is 3.25. The number of carbonyl (C=O) groups excluding carboxylic acids is 2. The van der Waals surface area contributed by atoms with Gasteiger partial charge < -0.3 is 14.7 Å². The third kappa shape index (κ3) is 4.39. The zero-order chi connectivity index (χ0) is 22.0. The molecule has 2 aliphatic heterocycles. The normalized spacial score (nSPS) is 20.0. The maximum Gasteiger partial charge on any atom is 0.290 e. The molecule has 164 valence electrons. The van der Waals surface area contributed by atoms with Crippen molar-refractivity contribution in [2.45, 2.75) is 26.3 Å². The Hall–Kier alpha value is -2.62. The fourth-order valence-electron chi connectivity index (χ4n) is 4.16. The van der Waals surface area contributed by atoms with Crippen molar-refractivity contribution in [1.82, 2.24) is 19.8 Å². The molecule has 2 aliphatic rings. The van der Waals surface area contributed by atoms with E-state index in [4.69, 9.17) is 4.74 Å². The van der Waals surface area contributed by atoms with E-state index in [2.05, 4.69) is 14.9 Å². The first-order chi connectivity index (χ1) is 15.0. The van der Waals surface area contributed by atoms with Crippen LogP contribution >= 0.6 is 11.3 Å². The van der Waals surface area contributed by atoms with E-state index in [0.29, 0.717) is 17.1 Å². The lowest BCUT2D eigenvalue weighted by atomic mass is 9.95. The van der Waals surface area contributed by atoms with Crippen molar-refractivity contribution < 1.29 is 19.4 Å². The highest BCUT2D eigenvalue weighted by molar-refractivity contribution is 7.14. The van der Waals surface area contributed by atoms with Crippen molar-refractivity contribution in [1.29, 1.82) is 0 Å². The predicted octanol–water partition coefficient (Wildman–Crippen LogP) is 2.46. The topological polar surface area (TPSA) is 95.9 Å². The Morgan fingerprint density at radius 2 is 1.94 bits per heavy atom. The molecule has 1 atom stereocenters. The SMILES string of the molecule is Cc1nc(C)c(C(=O)C2=C(O)C(=O)N(CCCN3CCOCC3)[C@H]2c2ccncc2)s1. The first-order valence-corrected chi connectivity index (χ1v) is 11.2. The van der Waals surface area contributed by atoms with Crippen LogP contribution in [0.3, 0.4) is 0 Å². The number of nitrogens with zero attached hydrogens (tertiary/aromatic N) is 4. The monoisotopic (exact) mass is 442 g/mol. The summed E-state index contributed by atoms with van der Waals surface area (Å²) in [6.07, 6.45) is 4.00. The van der Waals surface area contributed by atoms with Crippen LogP contribution in [-0.2, 0) is 9.53 Å². The number of rotatable bonds is 7. The molecule has 2 aromatic heterocycles. The summed E-state index contributed by atoms with van der Waals surface area (Å²) in [5.74, 6) is -1.32. The van der Waals surface area contributed by atoms with Gasteiger partial charge in [-0.2, -0.15) is 0 Å². The minimum absolute atomic E-state index is 0.120. The first kappa shape index (κ1) is 21.6. The maximum atomic E-state index is 13.4. The molecule has 0 spiro atoms. The van der Waals surface area contributed by atoms with Gasteiger partial charge >= 0.3 is 0 Å². The number of hydrogen-bond acceptors (Lipinski definition) is 8. The Morgan fingerprint density at radius 3 is 2.58 bits per heavy atom. The molecule has 0 bridgehead atoms. The van der Waals surface area contributed by atoms with Crippen LogP contribution in [0.5, 0.6) is 0 Å². The zero-order valence-electron chi connectivity index (χ0n) is 17.7. The summed E-state index contributed by atoms with van der Waals surface area (Å²) in [6.45, 7) is 8.05. The first-order valence-electron chi connectivity index (χ1n) is 10.4. The lowest BCUT2D eigenvalue weighted by molar-refractivity contribution is -0.129. The zero-order valence-corrected chi connectivity index (χ0v) is 18.5. The summed E-state index contributed by atoms with van der Waals surface area (Å²) in [5.41, 5.74) is 1.48. The number of carbonyl (C=O) groups is 2. The molecular formula is C22H26N4O4S. The van der Waals surface area contributed by atoms with Gasteiger partial charge in [-0.1, -0.05) is 0 Å². The molecule has 1 N–H and O–H groups in total. The second-order valence-corrected chi connectivity index (χ2v) is 8.93. The van der Waals surface area contributed by atoms with Crippen molar-refractivity contribution in [3.05, 3.63) is 57.0 Å². The number of ketones is 1. The molecule has 1 amide bonds. The number of aliphatic hydroxyl groups is 1. The van der Waals surface area contributed by atoms with Gasteiger partial charge in [0.15, 0.2) is 5.76 Å². The van der Waals surface area contributed by atoms with Gasteiger partial charge in [0.1, 0.15) is 0 Å². The number of amides is 1. The van der Waals surface area contributed by atoms with Crippen molar-refractivity contribution in [2.24, 2.45) is 0 Å². The number of thiazole rings is 1. The highest BCUT2D eigenvalue weighted by atomic mass is 32.1. The van der Waals surface area contributed by atoms with Crippen LogP contribution in [0.15, 0.2) is 35.9 Å². The summed E-state index contributed by atoms with van der Waals surface area (Å²) < 4.78 is 5.39. The Labute approximate surface area is 185 Å². The third-order valence-corrected chi connectivity index (χ3v) is 6.73. The summed E-state index contributed by atoms with van der Waals surface area (Å²) in [5, 5.41) is 11.5. The lowest BCUT2D eigenvalue weighted by Gasteiger charge is -2.29. The standard InChI is InChI=1S/C22H26N4O4S/c1-14-21(31-15(2)24-14)19(27)17-18(16-4-6-23-7-5-16)26(22(29)20(17)28)9-3-8-25-10-12-30-13-11-25/h4-7,18,28H,3,8-13H2,1-2H3/t18-/m0/s1. The molecule has 0 aliphatic carbocycles. The minimum Gasteiger partial charge on any atom is -0.503 e. The molecule has 2 aromatic rings. The van der Waals surface area contributed by atoms with Gasteiger partial charge in [0, 0.05) is 38.6 Å². The quantitative estimate of drug-likeness (QED) is 0.658. The number of Topliss-reactive ketones (excluding diaryl/α,β-unsaturated/α-hetero) is 1. The predicted molar refractivity (Wildman–Crippen MR) is 116 cm³/mol. The fourth-order valence-corrected chi connectivity index (χ4v) is 5.04. The molecule has 8 nitrogen and oxygen atoms in total. The van der Waals surface area contributed by atoms with Gasteiger partial charge in [-0.3, -0.25) is 19.5 Å². The summed E-state index contributed by atoms with van der Waals surface area (Å²) in [6, 6.07) is 2.92. The Balaban J connectivity index is 1.61. The average molecular weight is 443 g/mol. The molecule has 1 fully saturated rings. The van der Waals surface area contributed by atoms with Gasteiger partial charge in [0.2, 0.25) is 5.78 Å². The Morgan fingerprint density at radius 1 is 1.23 bits per heavy atom. The molecule has 0 aromatic carbocycles. The number of aryl methyl sites for hydroxylation is 2. The van der Waals surface area contributed by atoms with E-state index in [9.17, 15) is 14.7 Å². The van der Waals surface area contributed by atoms with Crippen LogP contribution in [0, 0.1) is 13.8 Å². The highest BCUT2D eigenvalue weighted by Gasteiger charge is 2.44. The van der Waals surface area contributed by atoms with Crippen molar-refractivity contribution in [2.75, 3.05) is 39.4 Å². The van der Waals surface area contributed by atoms with E-state index >= 15 is 0 Å². The smallest absolute Gasteiger partial charge is 0.290 e. The Bertz CT molecular complexity index is 998. The minimum atomic E-state index is -0.644. The van der Waals surface area contributed by atoms with Crippen LogP contribution in [-0.4, -0.2) is 76.0 Å². The van der Waals surface area contributed by atoms with Gasteiger partial charge in [-0.15, -0.1) is 11.3 Å². The summed E-state index contributed by atoms with van der Waals surface area (Å²) in [4.78, 5) is 39.2. The van der Waals surface area contributed by atoms with Crippen molar-refractivity contribution in [3.63, 3.8) is 0 Å². The second-order valence-electron chi connectivity index (χ2n) is 7.73. The van der Waals surface area contributed by atoms with E-state index in [1.807, 2.05) is 6.92 Å². The summed E-state index contributed by atoms with van der Waals surface area (Å²) in [7, 11) is 0. The number of hydrogen-bond donors (Lipinski definition) is 1. The number of ether oxygens (including phenoxy) is 1. The number of aliphatic hydroxyl groups excluding tert-OH is 1. The molecule has 4 rings (SSSR count). The van der Waals surface area contributed by atoms with Crippen LogP contribution in [0.25, 0.3) is 0 Å². The second kappa shape index (κ2) is 9.25. The van der Waals surface area contributed by atoms with E-state index < -0.39 is 17.7 Å². The molecular weight excluding hydrogens is 416 g/mol. The van der Waals surface area contributed by atoms with E-state index in [-0.39, 0.29) is 11.4 Å². The van der Waals surface area contributed by atoms with Crippen LogP contribution in [0.1, 0.15) is 38.4 Å². The lowest BCUT2D eigenvalue weighted by Crippen LogP contribution is -2.39. The fraction of sp³-hybridized carbons (Fsp3) is 0.455. The van der Waals surface area contributed by atoms with E-state index in [1.165, 1.54) is 11.3 Å². The van der Waals surface area contributed by atoms with Gasteiger partial charge in [0.25, 0.3) is 5.91 Å². The number of aromatic nitrogens is 2. The van der Waals surface area contributed by atoms with Gasteiger partial charge in [-0.05, 0) is 38.0 Å². The van der Waals surface area contributed by atoms with E-state index in [0.717, 1.165) is 49.8 Å². The molecule has 0 unspecified atom stereocenters. The maximum absolute atomic E-state index is 13.4. The number of morpholine rings is 1. The van der Waals surface area contributed by atoms with Crippen LogP contribution in [0.4, 0.5) is 0 Å². The molecule has 31 heavy (non-hydrogen) atoms. The van der Waals surface area contributed by atoms with Crippen LogP contribution < -0.4 is 0 Å². The van der Waals surface area contributed by atoms with Crippen molar-refractivity contribution >= 4 is 23.0 Å². The van der Waals surface area contributed by atoms with Crippen LogP contribution in [0.2, 0.25) is 0 Å². The van der Waals surface area contributed by atoms with Gasteiger partial charge in [-0.25, -0.2) is 4.98 Å². The molecule has 9 heteroatoms. The third-order valence-electron chi connectivity index (χ3n) is 5.66. The summed E-state index contributed by atoms with van der Waals surface area (Å²) >= 11 is 1.28. The van der Waals surface area contributed by atoms with E-state index in [1.54, 1.807) is 36.4 Å². The Kier molecular flexibility index (Phi) is 6.45. The highest BCUT2D eigenvalue weighted by Crippen LogP contribution is 2.40. The van der Waals surface area contributed by atoms with Crippen molar-refractivity contribution in [3.8, 4) is 0 Å². The molecule has 1 saturated heterocycles.